The van der Waals surface area contributed by atoms with Gasteiger partial charge in [0.2, 0.25) is 0 Å². The zero-order chi connectivity index (χ0) is 15.9. The minimum absolute atomic E-state index is 0.811. The molecular formula is C22H33N. The van der Waals surface area contributed by atoms with E-state index in [1.807, 2.05) is 0 Å². The van der Waals surface area contributed by atoms with Crippen molar-refractivity contribution in [3.8, 4) is 0 Å². The molecule has 0 saturated carbocycles. The number of hydrogen-bond acceptors (Lipinski definition) is 0. The SMILES string of the molecule is CCCCCCCCCCCC1CCc2[nH]c3ccccc3c21. The molecule has 0 spiro atoms. The molecule has 1 aromatic carbocycles. The third-order valence-electron chi connectivity index (χ3n) is 5.64. The number of fused-ring (bicyclic) bond motifs is 3. The van der Waals surface area contributed by atoms with E-state index >= 15 is 0 Å². The van der Waals surface area contributed by atoms with Gasteiger partial charge in [0.25, 0.3) is 0 Å². The molecule has 1 heterocycles. The van der Waals surface area contributed by atoms with Crippen molar-refractivity contribution in [2.24, 2.45) is 0 Å². The van der Waals surface area contributed by atoms with E-state index < -0.39 is 0 Å². The fourth-order valence-electron chi connectivity index (χ4n) is 4.34. The lowest BCUT2D eigenvalue weighted by Gasteiger charge is -2.11. The summed E-state index contributed by atoms with van der Waals surface area (Å²) in [4.78, 5) is 3.64. The Morgan fingerprint density at radius 3 is 2.39 bits per heavy atom. The van der Waals surface area contributed by atoms with Gasteiger partial charge in [-0.2, -0.15) is 0 Å². The van der Waals surface area contributed by atoms with Crippen LogP contribution in [0.4, 0.5) is 0 Å². The molecule has 0 radical (unpaired) electrons. The molecule has 0 saturated heterocycles. The number of aryl methyl sites for hydroxylation is 1. The number of para-hydroxylation sites is 1. The van der Waals surface area contributed by atoms with E-state index in [2.05, 4.69) is 36.2 Å². The summed E-state index contributed by atoms with van der Waals surface area (Å²) >= 11 is 0. The third kappa shape index (κ3) is 4.19. The average molecular weight is 312 g/mol. The van der Waals surface area contributed by atoms with Gasteiger partial charge in [0, 0.05) is 16.6 Å². The van der Waals surface area contributed by atoms with Crippen LogP contribution in [0.2, 0.25) is 0 Å². The van der Waals surface area contributed by atoms with Crippen LogP contribution in [0.25, 0.3) is 10.9 Å². The molecule has 126 valence electrons. The highest BCUT2D eigenvalue weighted by Gasteiger charge is 2.25. The normalized spacial score (nSPS) is 17.0. The summed E-state index contributed by atoms with van der Waals surface area (Å²) in [5.74, 6) is 0.811. The van der Waals surface area contributed by atoms with Crippen molar-refractivity contribution < 1.29 is 0 Å². The first kappa shape index (κ1) is 16.6. The van der Waals surface area contributed by atoms with Crippen LogP contribution in [0.1, 0.15) is 94.7 Å². The standard InChI is InChI=1S/C22H33N/c1-2-3-4-5-6-7-8-9-10-13-18-16-17-21-22(18)19-14-11-12-15-20(19)23-21/h11-12,14-15,18,23H,2-10,13,16-17H2,1H3. The van der Waals surface area contributed by atoms with Crippen molar-refractivity contribution in [2.75, 3.05) is 0 Å². The fourth-order valence-corrected chi connectivity index (χ4v) is 4.34. The van der Waals surface area contributed by atoms with Gasteiger partial charge in [-0.1, -0.05) is 82.9 Å². The smallest absolute Gasteiger partial charge is 0.0459 e. The first-order valence-electron chi connectivity index (χ1n) is 9.99. The van der Waals surface area contributed by atoms with Gasteiger partial charge in [-0.3, -0.25) is 0 Å². The van der Waals surface area contributed by atoms with Gasteiger partial charge in [0.1, 0.15) is 0 Å². The monoisotopic (exact) mass is 311 g/mol. The maximum atomic E-state index is 3.64. The number of nitrogens with one attached hydrogen (secondary N) is 1. The van der Waals surface area contributed by atoms with Crippen LogP contribution < -0.4 is 0 Å². The number of benzene rings is 1. The average Bonchev–Trinajstić information content (AvgIpc) is 3.13. The van der Waals surface area contributed by atoms with Crippen LogP contribution in [0, 0.1) is 0 Å². The Morgan fingerprint density at radius 2 is 1.61 bits per heavy atom. The minimum atomic E-state index is 0.811. The molecule has 1 heteroatoms. The molecule has 1 aromatic heterocycles. The second-order valence-electron chi connectivity index (χ2n) is 7.42. The number of rotatable bonds is 10. The van der Waals surface area contributed by atoms with E-state index in [1.165, 1.54) is 93.6 Å². The van der Waals surface area contributed by atoms with Gasteiger partial charge >= 0.3 is 0 Å². The molecule has 0 amide bonds. The molecule has 1 nitrogen and oxygen atoms in total. The summed E-state index contributed by atoms with van der Waals surface area (Å²) < 4.78 is 0. The Kier molecular flexibility index (Phi) is 6.19. The summed E-state index contributed by atoms with van der Waals surface area (Å²) in [5.41, 5.74) is 4.52. The van der Waals surface area contributed by atoms with Crippen LogP contribution in [-0.4, -0.2) is 4.98 Å². The molecule has 0 bridgehead atoms. The van der Waals surface area contributed by atoms with E-state index in [-0.39, 0.29) is 0 Å². The zero-order valence-electron chi connectivity index (χ0n) is 14.9. The Labute approximate surface area is 141 Å². The number of H-pyrrole nitrogens is 1. The van der Waals surface area contributed by atoms with Crippen LogP contribution in [-0.2, 0) is 6.42 Å². The van der Waals surface area contributed by atoms with Gasteiger partial charge in [0.05, 0.1) is 0 Å². The lowest BCUT2D eigenvalue weighted by atomic mass is 9.93. The molecule has 1 aliphatic rings. The number of hydrogen-bond donors (Lipinski definition) is 1. The van der Waals surface area contributed by atoms with Crippen LogP contribution >= 0.6 is 0 Å². The van der Waals surface area contributed by atoms with Crippen LogP contribution in [0.3, 0.4) is 0 Å². The van der Waals surface area contributed by atoms with Crippen LogP contribution in [0.15, 0.2) is 24.3 Å². The second kappa shape index (κ2) is 8.57. The topological polar surface area (TPSA) is 15.8 Å². The third-order valence-corrected chi connectivity index (χ3v) is 5.64. The first-order valence-corrected chi connectivity index (χ1v) is 9.99. The van der Waals surface area contributed by atoms with E-state index in [0.717, 1.165) is 5.92 Å². The second-order valence-corrected chi connectivity index (χ2v) is 7.42. The van der Waals surface area contributed by atoms with E-state index in [0.29, 0.717) is 0 Å². The molecule has 0 fully saturated rings. The van der Waals surface area contributed by atoms with Crippen LogP contribution in [0.5, 0.6) is 0 Å². The first-order chi connectivity index (χ1) is 11.4. The Hall–Kier alpha value is -1.24. The predicted octanol–water partition coefficient (Wildman–Crippen LogP) is 7.12. The summed E-state index contributed by atoms with van der Waals surface area (Å²) in [6, 6.07) is 8.86. The highest BCUT2D eigenvalue weighted by Crippen LogP contribution is 2.41. The van der Waals surface area contributed by atoms with E-state index in [1.54, 1.807) is 5.56 Å². The number of unbranched alkanes of at least 4 members (excludes halogenated alkanes) is 8. The van der Waals surface area contributed by atoms with Crippen molar-refractivity contribution >= 4 is 10.9 Å². The predicted molar refractivity (Wildman–Crippen MR) is 101 cm³/mol. The largest absolute Gasteiger partial charge is 0.358 e. The lowest BCUT2D eigenvalue weighted by molar-refractivity contribution is 0.525. The maximum Gasteiger partial charge on any atom is 0.0459 e. The zero-order valence-corrected chi connectivity index (χ0v) is 14.9. The minimum Gasteiger partial charge on any atom is -0.358 e. The van der Waals surface area contributed by atoms with Crippen molar-refractivity contribution in [2.45, 2.75) is 89.9 Å². The summed E-state index contributed by atoms with van der Waals surface area (Å²) in [6.07, 6.45) is 16.9. The molecule has 1 unspecified atom stereocenters. The molecule has 23 heavy (non-hydrogen) atoms. The quantitative estimate of drug-likeness (QED) is 0.450. The van der Waals surface area contributed by atoms with Gasteiger partial charge in [-0.05, 0) is 36.8 Å². The Balaban J connectivity index is 1.38. The van der Waals surface area contributed by atoms with Crippen molar-refractivity contribution in [1.82, 2.24) is 4.98 Å². The van der Waals surface area contributed by atoms with Crippen molar-refractivity contribution in [1.29, 1.82) is 0 Å². The summed E-state index contributed by atoms with van der Waals surface area (Å²) in [6.45, 7) is 2.29. The highest BCUT2D eigenvalue weighted by molar-refractivity contribution is 5.85. The van der Waals surface area contributed by atoms with Gasteiger partial charge in [-0.25, -0.2) is 0 Å². The summed E-state index contributed by atoms with van der Waals surface area (Å²) in [5, 5.41) is 1.49. The summed E-state index contributed by atoms with van der Waals surface area (Å²) in [7, 11) is 0. The maximum absolute atomic E-state index is 3.64. The van der Waals surface area contributed by atoms with Gasteiger partial charge in [0.15, 0.2) is 0 Å². The number of aromatic amines is 1. The molecule has 0 aliphatic heterocycles. The van der Waals surface area contributed by atoms with Crippen molar-refractivity contribution in [3.63, 3.8) is 0 Å². The molecule has 1 N–H and O–H groups in total. The molecule has 3 rings (SSSR count). The van der Waals surface area contributed by atoms with E-state index in [9.17, 15) is 0 Å². The lowest BCUT2D eigenvalue weighted by Crippen LogP contribution is -1.93. The van der Waals surface area contributed by atoms with E-state index in [4.69, 9.17) is 0 Å². The molecular weight excluding hydrogens is 278 g/mol. The fraction of sp³-hybridized carbons (Fsp3) is 0.636. The molecule has 2 aromatic rings. The molecule has 1 aliphatic carbocycles. The highest BCUT2D eigenvalue weighted by atomic mass is 14.7. The Morgan fingerprint density at radius 1 is 0.913 bits per heavy atom. The van der Waals surface area contributed by atoms with Gasteiger partial charge in [-0.15, -0.1) is 0 Å². The Bertz CT molecular complexity index is 595. The number of aromatic nitrogens is 1. The molecule has 1 atom stereocenters. The van der Waals surface area contributed by atoms with Gasteiger partial charge < -0.3 is 4.98 Å². The van der Waals surface area contributed by atoms with Crippen molar-refractivity contribution in [3.05, 3.63) is 35.5 Å².